The van der Waals surface area contributed by atoms with Gasteiger partial charge in [0.2, 0.25) is 0 Å². The summed E-state index contributed by atoms with van der Waals surface area (Å²) in [7, 11) is 0. The molecule has 0 unspecified atom stereocenters. The van der Waals surface area contributed by atoms with Gasteiger partial charge in [-0.1, -0.05) is 37.5 Å². The van der Waals surface area contributed by atoms with E-state index in [2.05, 4.69) is 36.9 Å². The molecule has 1 aliphatic carbocycles. The number of nitrogens with two attached hydrogens (primary N) is 1. The standard InChI is InChI=1S/C16H26N2/c1-3-18(15-10-5-4-6-11-15)16-13(2)8-7-9-14(16)12-17/h7-9,15H,3-6,10-12,17H2,1-2H3. The van der Waals surface area contributed by atoms with E-state index in [9.17, 15) is 0 Å². The predicted molar refractivity (Wildman–Crippen MR) is 79.0 cm³/mol. The van der Waals surface area contributed by atoms with E-state index in [-0.39, 0.29) is 0 Å². The lowest BCUT2D eigenvalue weighted by molar-refractivity contribution is 0.417. The molecule has 2 nitrogen and oxygen atoms in total. The summed E-state index contributed by atoms with van der Waals surface area (Å²) in [5.74, 6) is 0. The monoisotopic (exact) mass is 246 g/mol. The Morgan fingerprint density at radius 2 is 1.94 bits per heavy atom. The van der Waals surface area contributed by atoms with Gasteiger partial charge < -0.3 is 10.6 Å². The highest BCUT2D eigenvalue weighted by Crippen LogP contribution is 2.31. The molecular formula is C16H26N2. The molecule has 0 bridgehead atoms. The molecule has 0 atom stereocenters. The maximum absolute atomic E-state index is 5.91. The molecule has 2 N–H and O–H groups in total. The van der Waals surface area contributed by atoms with Crippen LogP contribution in [0.5, 0.6) is 0 Å². The molecule has 0 radical (unpaired) electrons. The average molecular weight is 246 g/mol. The fourth-order valence-corrected chi connectivity index (χ4v) is 3.29. The van der Waals surface area contributed by atoms with Gasteiger partial charge in [-0.25, -0.2) is 0 Å². The van der Waals surface area contributed by atoms with Gasteiger partial charge in [0.05, 0.1) is 0 Å². The van der Waals surface area contributed by atoms with Crippen molar-refractivity contribution in [3.63, 3.8) is 0 Å². The van der Waals surface area contributed by atoms with Crippen molar-refractivity contribution < 1.29 is 0 Å². The molecule has 1 saturated carbocycles. The van der Waals surface area contributed by atoms with E-state index in [0.29, 0.717) is 6.54 Å². The van der Waals surface area contributed by atoms with Crippen LogP contribution in [-0.4, -0.2) is 12.6 Å². The van der Waals surface area contributed by atoms with Crippen molar-refractivity contribution >= 4 is 5.69 Å². The second kappa shape index (κ2) is 6.24. The Morgan fingerprint density at radius 1 is 1.22 bits per heavy atom. The maximum atomic E-state index is 5.91. The minimum absolute atomic E-state index is 0.639. The number of aryl methyl sites for hydroxylation is 1. The predicted octanol–water partition coefficient (Wildman–Crippen LogP) is 3.61. The first-order valence-corrected chi connectivity index (χ1v) is 7.33. The quantitative estimate of drug-likeness (QED) is 0.879. The summed E-state index contributed by atoms with van der Waals surface area (Å²) < 4.78 is 0. The molecule has 2 heteroatoms. The topological polar surface area (TPSA) is 29.3 Å². The van der Waals surface area contributed by atoms with Gasteiger partial charge in [0.25, 0.3) is 0 Å². The SMILES string of the molecule is CCN(c1c(C)cccc1CN)C1CCCCC1. The Morgan fingerprint density at radius 3 is 2.56 bits per heavy atom. The van der Waals surface area contributed by atoms with Crippen molar-refractivity contribution in [3.05, 3.63) is 29.3 Å². The molecule has 1 fully saturated rings. The summed E-state index contributed by atoms with van der Waals surface area (Å²) in [6.07, 6.45) is 6.85. The molecule has 0 aliphatic heterocycles. The summed E-state index contributed by atoms with van der Waals surface area (Å²) in [4.78, 5) is 2.59. The highest BCUT2D eigenvalue weighted by atomic mass is 15.2. The van der Waals surface area contributed by atoms with Gasteiger partial charge in [-0.3, -0.25) is 0 Å². The molecule has 0 amide bonds. The molecule has 1 aliphatic rings. The van der Waals surface area contributed by atoms with E-state index < -0.39 is 0 Å². The van der Waals surface area contributed by atoms with Crippen LogP contribution in [0.15, 0.2) is 18.2 Å². The van der Waals surface area contributed by atoms with Crippen molar-refractivity contribution in [1.82, 2.24) is 0 Å². The number of anilines is 1. The molecule has 0 aromatic heterocycles. The fraction of sp³-hybridized carbons (Fsp3) is 0.625. The van der Waals surface area contributed by atoms with E-state index in [1.165, 1.54) is 48.9 Å². The minimum Gasteiger partial charge on any atom is -0.368 e. The third-order valence-corrected chi connectivity index (χ3v) is 4.18. The summed E-state index contributed by atoms with van der Waals surface area (Å²) >= 11 is 0. The first-order chi connectivity index (χ1) is 8.77. The van der Waals surface area contributed by atoms with E-state index >= 15 is 0 Å². The van der Waals surface area contributed by atoms with Crippen molar-refractivity contribution in [2.24, 2.45) is 5.73 Å². The normalized spacial score (nSPS) is 16.8. The zero-order valence-electron chi connectivity index (χ0n) is 11.8. The fourth-order valence-electron chi connectivity index (χ4n) is 3.29. The van der Waals surface area contributed by atoms with Crippen LogP contribution in [0.25, 0.3) is 0 Å². The summed E-state index contributed by atoms with van der Waals surface area (Å²) in [6, 6.07) is 7.22. The smallest absolute Gasteiger partial charge is 0.0443 e. The number of rotatable bonds is 4. The third kappa shape index (κ3) is 2.69. The zero-order valence-corrected chi connectivity index (χ0v) is 11.8. The first kappa shape index (κ1) is 13.4. The number of hydrogen-bond acceptors (Lipinski definition) is 2. The van der Waals surface area contributed by atoms with Crippen LogP contribution in [0, 0.1) is 6.92 Å². The molecule has 0 spiro atoms. The molecular weight excluding hydrogens is 220 g/mol. The molecule has 2 rings (SSSR count). The molecule has 0 saturated heterocycles. The largest absolute Gasteiger partial charge is 0.368 e. The van der Waals surface area contributed by atoms with Gasteiger partial charge in [-0.05, 0) is 37.8 Å². The molecule has 18 heavy (non-hydrogen) atoms. The first-order valence-electron chi connectivity index (χ1n) is 7.33. The van der Waals surface area contributed by atoms with Crippen LogP contribution in [0.3, 0.4) is 0 Å². The molecule has 1 aromatic rings. The number of benzene rings is 1. The minimum atomic E-state index is 0.639. The maximum Gasteiger partial charge on any atom is 0.0443 e. The van der Waals surface area contributed by atoms with Crippen LogP contribution >= 0.6 is 0 Å². The number of nitrogens with zero attached hydrogens (tertiary/aromatic N) is 1. The van der Waals surface area contributed by atoms with Crippen LogP contribution in [0.4, 0.5) is 5.69 Å². The second-order valence-corrected chi connectivity index (χ2v) is 5.36. The summed E-state index contributed by atoms with van der Waals surface area (Å²) in [6.45, 7) is 6.20. The van der Waals surface area contributed by atoms with E-state index in [0.717, 1.165) is 12.6 Å². The van der Waals surface area contributed by atoms with Gasteiger partial charge in [0.1, 0.15) is 0 Å². The third-order valence-electron chi connectivity index (χ3n) is 4.18. The van der Waals surface area contributed by atoms with Gasteiger partial charge in [-0.2, -0.15) is 0 Å². The van der Waals surface area contributed by atoms with Gasteiger partial charge in [0, 0.05) is 24.8 Å². The lowest BCUT2D eigenvalue weighted by atomic mass is 9.92. The highest BCUT2D eigenvalue weighted by Gasteiger charge is 2.22. The Hall–Kier alpha value is -1.02. The number of hydrogen-bond donors (Lipinski definition) is 1. The Kier molecular flexibility index (Phi) is 4.65. The van der Waals surface area contributed by atoms with Gasteiger partial charge >= 0.3 is 0 Å². The van der Waals surface area contributed by atoms with Crippen molar-refractivity contribution in [1.29, 1.82) is 0 Å². The Bertz CT molecular complexity index is 381. The van der Waals surface area contributed by atoms with E-state index in [1.807, 2.05) is 0 Å². The molecule has 0 heterocycles. The second-order valence-electron chi connectivity index (χ2n) is 5.36. The summed E-state index contributed by atoms with van der Waals surface area (Å²) in [5.41, 5.74) is 9.97. The van der Waals surface area contributed by atoms with Crippen LogP contribution in [-0.2, 0) is 6.54 Å². The number of para-hydroxylation sites is 1. The van der Waals surface area contributed by atoms with E-state index in [4.69, 9.17) is 5.73 Å². The van der Waals surface area contributed by atoms with Crippen molar-refractivity contribution in [3.8, 4) is 0 Å². The van der Waals surface area contributed by atoms with E-state index in [1.54, 1.807) is 0 Å². The van der Waals surface area contributed by atoms with Gasteiger partial charge in [0.15, 0.2) is 0 Å². The lowest BCUT2D eigenvalue weighted by Crippen LogP contribution is -2.38. The van der Waals surface area contributed by atoms with Crippen LogP contribution in [0.1, 0.15) is 50.2 Å². The van der Waals surface area contributed by atoms with Crippen LogP contribution in [0.2, 0.25) is 0 Å². The lowest BCUT2D eigenvalue weighted by Gasteiger charge is -2.37. The average Bonchev–Trinajstić information content (AvgIpc) is 2.42. The molecule has 100 valence electrons. The highest BCUT2D eigenvalue weighted by molar-refractivity contribution is 5.60. The Labute approximate surface area is 111 Å². The zero-order chi connectivity index (χ0) is 13.0. The van der Waals surface area contributed by atoms with Crippen LogP contribution < -0.4 is 10.6 Å². The Balaban J connectivity index is 2.31. The van der Waals surface area contributed by atoms with Gasteiger partial charge in [-0.15, -0.1) is 0 Å². The van der Waals surface area contributed by atoms with Crippen molar-refractivity contribution in [2.75, 3.05) is 11.4 Å². The van der Waals surface area contributed by atoms with Crippen molar-refractivity contribution in [2.45, 2.75) is 58.5 Å². The summed E-state index contributed by atoms with van der Waals surface area (Å²) in [5, 5.41) is 0. The molecule has 1 aromatic carbocycles.